The zero-order valence-electron chi connectivity index (χ0n) is 11.0. The molecule has 0 bridgehead atoms. The van der Waals surface area contributed by atoms with Crippen LogP contribution in [0.3, 0.4) is 0 Å². The molecular formula is C13H23BrO2S. The fourth-order valence-electron chi connectivity index (χ4n) is 3.04. The Hall–Kier alpha value is 0.430. The molecule has 0 radical (unpaired) electrons. The van der Waals surface area contributed by atoms with Crippen molar-refractivity contribution < 1.29 is 8.42 Å². The fourth-order valence-corrected chi connectivity index (χ4v) is 5.10. The monoisotopic (exact) mass is 322 g/mol. The van der Waals surface area contributed by atoms with E-state index in [4.69, 9.17) is 0 Å². The number of fused-ring (bicyclic) bond motifs is 1. The third kappa shape index (κ3) is 2.73. The Morgan fingerprint density at radius 1 is 1.24 bits per heavy atom. The van der Waals surface area contributed by atoms with Gasteiger partial charge in [-0.2, -0.15) is 0 Å². The lowest BCUT2D eigenvalue weighted by atomic mass is 9.83. The predicted octanol–water partition coefficient (Wildman–Crippen LogP) is 3.40. The van der Waals surface area contributed by atoms with Crippen molar-refractivity contribution in [1.29, 1.82) is 0 Å². The van der Waals surface area contributed by atoms with Gasteiger partial charge in [-0.1, -0.05) is 15.9 Å². The van der Waals surface area contributed by atoms with Crippen molar-refractivity contribution in [3.63, 3.8) is 0 Å². The maximum absolute atomic E-state index is 12.1. The van der Waals surface area contributed by atoms with E-state index in [2.05, 4.69) is 15.9 Å². The summed E-state index contributed by atoms with van der Waals surface area (Å²) in [6.45, 7) is 5.40. The summed E-state index contributed by atoms with van der Waals surface area (Å²) in [6, 6.07) is 0. The molecule has 0 aromatic carbocycles. The van der Waals surface area contributed by atoms with E-state index < -0.39 is 14.6 Å². The molecule has 2 unspecified atom stereocenters. The Morgan fingerprint density at radius 2 is 1.76 bits per heavy atom. The van der Waals surface area contributed by atoms with Gasteiger partial charge in [0.2, 0.25) is 0 Å². The van der Waals surface area contributed by atoms with Crippen molar-refractivity contribution in [1.82, 2.24) is 0 Å². The van der Waals surface area contributed by atoms with Gasteiger partial charge in [-0.25, -0.2) is 8.42 Å². The van der Waals surface area contributed by atoms with E-state index in [9.17, 15) is 8.42 Å². The molecule has 0 aliphatic heterocycles. The summed E-state index contributed by atoms with van der Waals surface area (Å²) in [5.41, 5.74) is 0.270. The van der Waals surface area contributed by atoms with Crippen molar-refractivity contribution >= 4 is 25.8 Å². The molecule has 0 N–H and O–H groups in total. The lowest BCUT2D eigenvalue weighted by Gasteiger charge is -2.30. The summed E-state index contributed by atoms with van der Waals surface area (Å²) < 4.78 is 23.7. The first-order valence-corrected chi connectivity index (χ1v) is 9.25. The van der Waals surface area contributed by atoms with Gasteiger partial charge in [0.25, 0.3) is 0 Å². The summed E-state index contributed by atoms with van der Waals surface area (Å²) in [5.74, 6) is 2.16. The minimum atomic E-state index is -2.96. The summed E-state index contributed by atoms with van der Waals surface area (Å²) in [5, 5.41) is 0.965. The van der Waals surface area contributed by atoms with Gasteiger partial charge in [0.15, 0.2) is 9.84 Å². The molecule has 0 amide bonds. The predicted molar refractivity (Wildman–Crippen MR) is 75.2 cm³/mol. The molecule has 0 aromatic heterocycles. The molecule has 2 aliphatic carbocycles. The Kier molecular flexibility index (Phi) is 3.44. The van der Waals surface area contributed by atoms with Crippen molar-refractivity contribution in [3.8, 4) is 0 Å². The van der Waals surface area contributed by atoms with E-state index in [1.165, 1.54) is 19.3 Å². The van der Waals surface area contributed by atoms with Crippen LogP contribution >= 0.6 is 15.9 Å². The van der Waals surface area contributed by atoms with Gasteiger partial charge in [-0.15, -0.1) is 0 Å². The van der Waals surface area contributed by atoms with Gasteiger partial charge >= 0.3 is 0 Å². The fraction of sp³-hybridized carbons (Fsp3) is 1.00. The van der Waals surface area contributed by atoms with Gasteiger partial charge in [-0.05, 0) is 63.7 Å². The number of halogens is 1. The molecule has 2 fully saturated rings. The van der Waals surface area contributed by atoms with Crippen LogP contribution in [-0.4, -0.2) is 24.2 Å². The van der Waals surface area contributed by atoms with Crippen molar-refractivity contribution in [2.45, 2.75) is 51.2 Å². The van der Waals surface area contributed by atoms with Crippen LogP contribution in [0.15, 0.2) is 0 Å². The molecule has 0 spiro atoms. The summed E-state index contributed by atoms with van der Waals surface area (Å²) in [6.07, 6.45) is 4.71. The molecule has 4 heteroatoms. The van der Waals surface area contributed by atoms with Crippen LogP contribution < -0.4 is 0 Å². The zero-order valence-corrected chi connectivity index (χ0v) is 13.4. The van der Waals surface area contributed by atoms with Gasteiger partial charge in [-0.3, -0.25) is 0 Å². The van der Waals surface area contributed by atoms with E-state index >= 15 is 0 Å². The molecule has 0 aromatic rings. The number of rotatable bonds is 4. The topological polar surface area (TPSA) is 34.1 Å². The van der Waals surface area contributed by atoms with Crippen LogP contribution in [0.25, 0.3) is 0 Å². The van der Waals surface area contributed by atoms with Gasteiger partial charge < -0.3 is 0 Å². The number of hydrogen-bond acceptors (Lipinski definition) is 2. The van der Waals surface area contributed by atoms with Gasteiger partial charge in [0.1, 0.15) is 0 Å². The molecule has 0 heterocycles. The molecule has 2 saturated carbocycles. The van der Waals surface area contributed by atoms with E-state index in [-0.39, 0.29) is 5.41 Å². The number of hydrogen-bond donors (Lipinski definition) is 0. The smallest absolute Gasteiger partial charge is 0.155 e. The standard InChI is InChI=1S/C13H23BrO2S/c1-12(2,3)17(15,16)5-4-13(9-14)7-10-6-11(10)8-13/h10-11H,4-9H2,1-3H3. The lowest BCUT2D eigenvalue weighted by molar-refractivity contribution is 0.298. The highest BCUT2D eigenvalue weighted by molar-refractivity contribution is 9.09. The van der Waals surface area contributed by atoms with Crippen molar-refractivity contribution in [2.24, 2.45) is 17.3 Å². The summed E-state index contributed by atoms with van der Waals surface area (Å²) >= 11 is 3.60. The second-order valence-electron chi connectivity index (χ2n) is 6.98. The lowest BCUT2D eigenvalue weighted by Crippen LogP contribution is -2.33. The maximum atomic E-state index is 12.1. The minimum absolute atomic E-state index is 0.270. The molecular weight excluding hydrogens is 300 g/mol. The Morgan fingerprint density at radius 3 is 2.18 bits per heavy atom. The average molecular weight is 323 g/mol. The van der Waals surface area contributed by atoms with Crippen molar-refractivity contribution in [3.05, 3.63) is 0 Å². The zero-order chi connectivity index (χ0) is 12.9. The first kappa shape index (κ1) is 13.9. The Balaban J connectivity index is 1.98. The average Bonchev–Trinajstić information content (AvgIpc) is 2.83. The SMILES string of the molecule is CC(C)(C)S(=O)(=O)CCC1(CBr)CC2CC2C1. The second-order valence-corrected chi connectivity index (χ2v) is 10.4. The molecule has 2 nitrogen and oxygen atoms in total. The molecule has 2 aliphatic rings. The highest BCUT2D eigenvalue weighted by atomic mass is 79.9. The van der Waals surface area contributed by atoms with Crippen LogP contribution in [-0.2, 0) is 9.84 Å². The number of alkyl halides is 1. The van der Waals surface area contributed by atoms with E-state index in [1.807, 2.05) is 0 Å². The Labute approximate surface area is 114 Å². The Bertz CT molecular complexity index is 384. The molecule has 17 heavy (non-hydrogen) atoms. The molecule has 100 valence electrons. The molecule has 2 atom stereocenters. The minimum Gasteiger partial charge on any atom is -0.228 e. The third-order valence-electron chi connectivity index (χ3n) is 4.58. The summed E-state index contributed by atoms with van der Waals surface area (Å²) in [7, 11) is -2.96. The largest absolute Gasteiger partial charge is 0.228 e. The third-order valence-corrected chi connectivity index (χ3v) is 8.37. The van der Waals surface area contributed by atoms with Crippen LogP contribution in [0, 0.1) is 17.3 Å². The van der Waals surface area contributed by atoms with Crippen LogP contribution in [0.2, 0.25) is 0 Å². The van der Waals surface area contributed by atoms with Gasteiger partial charge in [0.05, 0.1) is 10.5 Å². The second kappa shape index (κ2) is 4.22. The normalized spacial score (nSPS) is 36.9. The quantitative estimate of drug-likeness (QED) is 0.743. The van der Waals surface area contributed by atoms with Crippen LogP contribution in [0.4, 0.5) is 0 Å². The van der Waals surface area contributed by atoms with E-state index in [0.717, 1.165) is 23.6 Å². The molecule has 0 saturated heterocycles. The van der Waals surface area contributed by atoms with Crippen LogP contribution in [0.5, 0.6) is 0 Å². The highest BCUT2D eigenvalue weighted by Gasteiger charge is 2.53. The highest BCUT2D eigenvalue weighted by Crippen LogP contribution is 2.61. The van der Waals surface area contributed by atoms with E-state index in [1.54, 1.807) is 20.8 Å². The first-order chi connectivity index (χ1) is 7.69. The van der Waals surface area contributed by atoms with Gasteiger partial charge in [0, 0.05) is 5.33 Å². The van der Waals surface area contributed by atoms with E-state index in [0.29, 0.717) is 5.75 Å². The van der Waals surface area contributed by atoms with Crippen molar-refractivity contribution in [2.75, 3.05) is 11.1 Å². The first-order valence-electron chi connectivity index (χ1n) is 6.47. The maximum Gasteiger partial charge on any atom is 0.155 e. The van der Waals surface area contributed by atoms with Crippen LogP contribution in [0.1, 0.15) is 46.5 Å². The summed E-state index contributed by atoms with van der Waals surface area (Å²) in [4.78, 5) is 0. The molecule has 2 rings (SSSR count). The number of sulfone groups is 1.